The van der Waals surface area contributed by atoms with Gasteiger partial charge in [-0.2, -0.15) is 0 Å². The van der Waals surface area contributed by atoms with Crippen molar-refractivity contribution in [3.8, 4) is 0 Å². The summed E-state index contributed by atoms with van der Waals surface area (Å²) in [4.78, 5) is 15.0. The largest absolute Gasteiger partial charge is 0.351 e. The summed E-state index contributed by atoms with van der Waals surface area (Å²) in [6, 6.07) is 18.6. The van der Waals surface area contributed by atoms with Crippen molar-refractivity contribution in [3.05, 3.63) is 84.1 Å². The normalized spacial score (nSPS) is 16.3. The Labute approximate surface area is 160 Å². The second-order valence-electron chi connectivity index (χ2n) is 7.52. The molecule has 1 aliphatic heterocycles. The zero-order valence-corrected chi connectivity index (χ0v) is 15.8. The van der Waals surface area contributed by atoms with Crippen molar-refractivity contribution in [3.63, 3.8) is 0 Å². The number of piperidine rings is 1. The molecule has 138 valence electrons. The highest BCUT2D eigenvalue weighted by atomic mass is 16.1. The second kappa shape index (κ2) is 7.93. The molecule has 2 aromatic carbocycles. The van der Waals surface area contributed by atoms with Gasteiger partial charge in [0.05, 0.1) is 0 Å². The summed E-state index contributed by atoms with van der Waals surface area (Å²) < 4.78 is 2.07. The highest BCUT2D eigenvalue weighted by Gasteiger charge is 2.17. The Morgan fingerprint density at radius 2 is 1.85 bits per heavy atom. The first-order chi connectivity index (χ1) is 13.2. The molecule has 3 heteroatoms. The molecule has 1 saturated heterocycles. The van der Waals surface area contributed by atoms with E-state index < -0.39 is 0 Å². The first-order valence-corrected chi connectivity index (χ1v) is 9.73. The first-order valence-electron chi connectivity index (χ1n) is 9.73. The zero-order valence-electron chi connectivity index (χ0n) is 15.8. The van der Waals surface area contributed by atoms with Crippen molar-refractivity contribution >= 4 is 16.7 Å². The van der Waals surface area contributed by atoms with Gasteiger partial charge >= 0.3 is 0 Å². The lowest BCUT2D eigenvalue weighted by atomic mass is 9.95. The van der Waals surface area contributed by atoms with Crippen molar-refractivity contribution in [1.82, 2.24) is 9.47 Å². The van der Waals surface area contributed by atoms with Crippen LogP contribution in [0, 0.1) is 5.92 Å². The average molecular weight is 358 g/mol. The minimum Gasteiger partial charge on any atom is -0.351 e. The van der Waals surface area contributed by atoms with Crippen molar-refractivity contribution in [2.45, 2.75) is 19.4 Å². The third-order valence-corrected chi connectivity index (χ3v) is 5.57. The highest BCUT2D eigenvalue weighted by Crippen LogP contribution is 2.21. The monoisotopic (exact) mass is 358 g/mol. The molecule has 0 bridgehead atoms. The van der Waals surface area contributed by atoms with Gasteiger partial charge in [0.15, 0.2) is 5.78 Å². The molecular formula is C24H26N2O. The molecule has 1 aliphatic rings. The molecule has 0 spiro atoms. The van der Waals surface area contributed by atoms with Crippen LogP contribution in [0.25, 0.3) is 10.9 Å². The van der Waals surface area contributed by atoms with Crippen LogP contribution in [0.15, 0.2) is 72.9 Å². The molecule has 3 nitrogen and oxygen atoms in total. The Hall–Kier alpha value is -2.65. The predicted octanol–water partition coefficient (Wildman–Crippen LogP) is 4.83. The summed E-state index contributed by atoms with van der Waals surface area (Å²) >= 11 is 0. The van der Waals surface area contributed by atoms with Crippen LogP contribution >= 0.6 is 0 Å². The number of likely N-dealkylation sites (tertiary alicyclic amines) is 1. The summed E-state index contributed by atoms with van der Waals surface area (Å²) in [7, 11) is 2.02. The van der Waals surface area contributed by atoms with Crippen LogP contribution < -0.4 is 0 Å². The molecule has 4 rings (SSSR count). The lowest BCUT2D eigenvalue weighted by Crippen LogP contribution is -2.32. The Kier molecular flexibility index (Phi) is 5.21. The van der Waals surface area contributed by atoms with Crippen LogP contribution in [-0.4, -0.2) is 28.3 Å². The highest BCUT2D eigenvalue weighted by molar-refractivity contribution is 6.06. The van der Waals surface area contributed by atoms with Gasteiger partial charge in [0.2, 0.25) is 0 Å². The number of benzene rings is 2. The SMILES string of the molecule is Cn1ccc2cc(C(=O)C=CC3CCN(Cc4ccccc4)CC3)ccc21. The summed E-state index contributed by atoms with van der Waals surface area (Å²) in [6.07, 6.45) is 8.17. The fourth-order valence-corrected chi connectivity index (χ4v) is 3.90. The van der Waals surface area contributed by atoms with Crippen LogP contribution in [0.3, 0.4) is 0 Å². The van der Waals surface area contributed by atoms with Gasteiger partial charge < -0.3 is 4.57 Å². The van der Waals surface area contributed by atoms with E-state index in [9.17, 15) is 4.79 Å². The lowest BCUT2D eigenvalue weighted by molar-refractivity contribution is 0.104. The minimum absolute atomic E-state index is 0.104. The molecule has 1 fully saturated rings. The molecule has 0 N–H and O–H groups in total. The minimum atomic E-state index is 0.104. The number of nitrogens with zero attached hydrogens (tertiary/aromatic N) is 2. The van der Waals surface area contributed by atoms with Gasteiger partial charge in [-0.15, -0.1) is 0 Å². The van der Waals surface area contributed by atoms with Gasteiger partial charge in [-0.05, 0) is 67.8 Å². The molecule has 0 radical (unpaired) electrons. The summed E-state index contributed by atoms with van der Waals surface area (Å²) in [6.45, 7) is 3.20. The van der Waals surface area contributed by atoms with E-state index in [2.05, 4.69) is 51.9 Å². The maximum Gasteiger partial charge on any atom is 0.185 e. The molecule has 1 aromatic heterocycles. The number of hydrogen-bond acceptors (Lipinski definition) is 2. The Morgan fingerprint density at radius 3 is 2.63 bits per heavy atom. The third-order valence-electron chi connectivity index (χ3n) is 5.57. The Morgan fingerprint density at radius 1 is 1.07 bits per heavy atom. The number of aromatic nitrogens is 1. The molecular weight excluding hydrogens is 332 g/mol. The van der Waals surface area contributed by atoms with Crippen molar-refractivity contribution in [2.24, 2.45) is 13.0 Å². The molecule has 0 aliphatic carbocycles. The van der Waals surface area contributed by atoms with Gasteiger partial charge in [0, 0.05) is 36.3 Å². The van der Waals surface area contributed by atoms with E-state index in [0.29, 0.717) is 5.92 Å². The van der Waals surface area contributed by atoms with E-state index in [1.807, 2.05) is 31.4 Å². The fraction of sp³-hybridized carbons (Fsp3) is 0.292. The van der Waals surface area contributed by atoms with Crippen LogP contribution in [0.1, 0.15) is 28.8 Å². The van der Waals surface area contributed by atoms with E-state index >= 15 is 0 Å². The summed E-state index contributed by atoms with van der Waals surface area (Å²) in [5.74, 6) is 0.605. The number of rotatable bonds is 5. The standard InChI is InChI=1S/C24H26N2O/c1-25-14-13-21-17-22(8-9-23(21)25)24(27)10-7-19-11-15-26(16-12-19)18-20-5-3-2-4-6-20/h2-10,13-14,17,19H,11-12,15-16,18H2,1H3. The third kappa shape index (κ3) is 4.20. The quantitative estimate of drug-likeness (QED) is 0.482. The van der Waals surface area contributed by atoms with E-state index in [1.54, 1.807) is 6.08 Å². The van der Waals surface area contributed by atoms with Crippen molar-refractivity contribution in [1.29, 1.82) is 0 Å². The van der Waals surface area contributed by atoms with Gasteiger partial charge in [-0.25, -0.2) is 0 Å². The van der Waals surface area contributed by atoms with Gasteiger partial charge in [0.25, 0.3) is 0 Å². The Bertz CT molecular complexity index is 947. The van der Waals surface area contributed by atoms with Crippen LogP contribution in [0.2, 0.25) is 0 Å². The number of carbonyl (C=O) groups excluding carboxylic acids is 1. The van der Waals surface area contributed by atoms with Crippen LogP contribution in [0.5, 0.6) is 0 Å². The number of aryl methyl sites for hydroxylation is 1. The summed E-state index contributed by atoms with van der Waals surface area (Å²) in [5.41, 5.74) is 3.30. The van der Waals surface area contributed by atoms with Gasteiger partial charge in [-0.3, -0.25) is 9.69 Å². The maximum absolute atomic E-state index is 12.5. The number of ketones is 1. The van der Waals surface area contributed by atoms with Crippen molar-refractivity contribution < 1.29 is 4.79 Å². The molecule has 3 aromatic rings. The molecule has 0 amide bonds. The number of hydrogen-bond donors (Lipinski definition) is 0. The van der Waals surface area contributed by atoms with E-state index in [0.717, 1.165) is 48.9 Å². The average Bonchev–Trinajstić information content (AvgIpc) is 3.08. The predicted molar refractivity (Wildman–Crippen MR) is 111 cm³/mol. The number of allylic oxidation sites excluding steroid dienone is 2. The van der Waals surface area contributed by atoms with Crippen LogP contribution in [-0.2, 0) is 13.6 Å². The van der Waals surface area contributed by atoms with E-state index in [4.69, 9.17) is 0 Å². The maximum atomic E-state index is 12.5. The smallest absolute Gasteiger partial charge is 0.185 e. The zero-order chi connectivity index (χ0) is 18.6. The van der Waals surface area contributed by atoms with Crippen LogP contribution in [0.4, 0.5) is 0 Å². The molecule has 0 atom stereocenters. The second-order valence-corrected chi connectivity index (χ2v) is 7.52. The number of fused-ring (bicyclic) bond motifs is 1. The molecule has 0 saturated carbocycles. The molecule has 2 heterocycles. The number of carbonyl (C=O) groups is 1. The van der Waals surface area contributed by atoms with Crippen molar-refractivity contribution in [2.75, 3.05) is 13.1 Å². The van der Waals surface area contributed by atoms with E-state index in [-0.39, 0.29) is 5.78 Å². The molecule has 0 unspecified atom stereocenters. The summed E-state index contributed by atoms with van der Waals surface area (Å²) in [5, 5.41) is 1.12. The van der Waals surface area contributed by atoms with Gasteiger partial charge in [-0.1, -0.05) is 36.4 Å². The first kappa shape index (κ1) is 17.7. The van der Waals surface area contributed by atoms with Gasteiger partial charge in [0.1, 0.15) is 0 Å². The fourth-order valence-electron chi connectivity index (χ4n) is 3.90. The lowest BCUT2D eigenvalue weighted by Gasteiger charge is -2.30. The topological polar surface area (TPSA) is 25.2 Å². The molecule has 27 heavy (non-hydrogen) atoms. The Balaban J connectivity index is 1.32. The van der Waals surface area contributed by atoms with E-state index in [1.165, 1.54) is 5.56 Å².